The lowest BCUT2D eigenvalue weighted by atomic mass is 10.0. The molecule has 1 N–H and O–H groups in total. The number of aryl methyl sites for hydroxylation is 1. The Morgan fingerprint density at radius 3 is 2.67 bits per heavy atom. The van der Waals surface area contributed by atoms with Crippen LogP contribution in [0.1, 0.15) is 5.69 Å². The summed E-state index contributed by atoms with van der Waals surface area (Å²) in [7, 11) is 0. The third kappa shape index (κ3) is 1.70. The van der Waals surface area contributed by atoms with Crippen molar-refractivity contribution in [1.82, 2.24) is 9.97 Å². The number of hydrogen-bond donors (Lipinski definition) is 1. The summed E-state index contributed by atoms with van der Waals surface area (Å²) in [6, 6.07) is 13.4. The van der Waals surface area contributed by atoms with E-state index in [9.17, 15) is 4.79 Å². The zero-order valence-corrected chi connectivity index (χ0v) is 9.97. The molecule has 18 heavy (non-hydrogen) atoms. The highest BCUT2D eigenvalue weighted by atomic mass is 16.1. The minimum Gasteiger partial charge on any atom is -0.321 e. The number of H-pyrrole nitrogens is 1. The molecule has 2 aromatic heterocycles. The summed E-state index contributed by atoms with van der Waals surface area (Å²) in [6.45, 7) is 1.94. The van der Waals surface area contributed by atoms with Crippen molar-refractivity contribution in [1.29, 1.82) is 0 Å². The van der Waals surface area contributed by atoms with Gasteiger partial charge in [0, 0.05) is 22.8 Å². The van der Waals surface area contributed by atoms with E-state index in [4.69, 9.17) is 0 Å². The van der Waals surface area contributed by atoms with Crippen LogP contribution < -0.4 is 5.56 Å². The maximum Gasteiger partial charge on any atom is 0.256 e. The van der Waals surface area contributed by atoms with Gasteiger partial charge in [-0.15, -0.1) is 0 Å². The number of aromatic amines is 1. The summed E-state index contributed by atoms with van der Waals surface area (Å²) in [5, 5.41) is 0.982. The molecule has 1 aromatic carbocycles. The van der Waals surface area contributed by atoms with E-state index in [-0.39, 0.29) is 5.56 Å². The van der Waals surface area contributed by atoms with Gasteiger partial charge in [0.05, 0.1) is 5.52 Å². The van der Waals surface area contributed by atoms with E-state index in [2.05, 4.69) is 9.97 Å². The molecule has 0 amide bonds. The van der Waals surface area contributed by atoms with Gasteiger partial charge in [-0.1, -0.05) is 30.3 Å². The molecule has 3 aromatic rings. The summed E-state index contributed by atoms with van der Waals surface area (Å²) in [5.74, 6) is 0. The van der Waals surface area contributed by atoms with Crippen molar-refractivity contribution in [3.63, 3.8) is 0 Å². The van der Waals surface area contributed by atoms with Crippen LogP contribution in [0.2, 0.25) is 0 Å². The number of rotatable bonds is 1. The average molecular weight is 236 g/mol. The molecule has 88 valence electrons. The quantitative estimate of drug-likeness (QED) is 0.706. The molecule has 3 heteroatoms. The molecule has 0 saturated carbocycles. The van der Waals surface area contributed by atoms with Gasteiger partial charge in [-0.25, -0.2) is 0 Å². The average Bonchev–Trinajstić information content (AvgIpc) is 2.39. The molecule has 0 spiro atoms. The topological polar surface area (TPSA) is 45.8 Å². The third-order valence-electron chi connectivity index (χ3n) is 3.06. The van der Waals surface area contributed by atoms with E-state index >= 15 is 0 Å². The van der Waals surface area contributed by atoms with Gasteiger partial charge in [-0.2, -0.15) is 0 Å². The molecule has 0 radical (unpaired) electrons. The highest BCUT2D eigenvalue weighted by molar-refractivity contribution is 5.84. The number of aromatic nitrogens is 2. The number of nitrogens with one attached hydrogen (secondary N) is 1. The lowest BCUT2D eigenvalue weighted by molar-refractivity contribution is 1.21. The molecule has 0 aliphatic heterocycles. The van der Waals surface area contributed by atoms with Crippen LogP contribution in [0.5, 0.6) is 0 Å². The first kappa shape index (κ1) is 10.7. The first-order valence-corrected chi connectivity index (χ1v) is 5.80. The summed E-state index contributed by atoms with van der Waals surface area (Å²) < 4.78 is 0. The van der Waals surface area contributed by atoms with Gasteiger partial charge >= 0.3 is 0 Å². The highest BCUT2D eigenvalue weighted by Gasteiger charge is 2.06. The summed E-state index contributed by atoms with van der Waals surface area (Å²) >= 11 is 0. The Morgan fingerprint density at radius 2 is 1.89 bits per heavy atom. The molecular weight excluding hydrogens is 224 g/mol. The van der Waals surface area contributed by atoms with Crippen LogP contribution in [0.4, 0.5) is 0 Å². The van der Waals surface area contributed by atoms with Gasteiger partial charge in [0.25, 0.3) is 5.56 Å². The van der Waals surface area contributed by atoms with E-state index in [1.54, 1.807) is 6.20 Å². The first-order chi connectivity index (χ1) is 8.75. The second kappa shape index (κ2) is 4.11. The second-order valence-electron chi connectivity index (χ2n) is 4.24. The monoisotopic (exact) mass is 236 g/mol. The van der Waals surface area contributed by atoms with Gasteiger partial charge in [-0.3, -0.25) is 9.78 Å². The largest absolute Gasteiger partial charge is 0.321 e. The Balaban J connectivity index is 2.35. The molecule has 0 saturated heterocycles. The Labute approximate surface area is 104 Å². The Kier molecular flexibility index (Phi) is 2.45. The third-order valence-corrected chi connectivity index (χ3v) is 3.06. The first-order valence-electron chi connectivity index (χ1n) is 5.80. The van der Waals surface area contributed by atoms with Crippen LogP contribution in [-0.2, 0) is 0 Å². The summed E-state index contributed by atoms with van der Waals surface area (Å²) in [4.78, 5) is 19.2. The van der Waals surface area contributed by atoms with Crippen molar-refractivity contribution < 1.29 is 0 Å². The van der Waals surface area contributed by atoms with Crippen molar-refractivity contribution in [3.05, 3.63) is 64.7 Å². The van der Waals surface area contributed by atoms with Crippen LogP contribution in [0.15, 0.2) is 53.5 Å². The van der Waals surface area contributed by atoms with E-state index < -0.39 is 0 Å². The number of benzene rings is 1. The smallest absolute Gasteiger partial charge is 0.256 e. The van der Waals surface area contributed by atoms with Crippen LogP contribution in [0.25, 0.3) is 22.0 Å². The standard InChI is InChI=1S/C15H12N2O/c1-10-12-9-13(11-5-3-2-4-6-11)15(18)17-14(12)7-8-16-10/h2-9H,1H3,(H,17,18). The normalized spacial score (nSPS) is 10.7. The molecule has 0 aliphatic carbocycles. The summed E-state index contributed by atoms with van der Waals surface area (Å²) in [6.07, 6.45) is 1.70. The number of fused-ring (bicyclic) bond motifs is 1. The Morgan fingerprint density at radius 1 is 1.11 bits per heavy atom. The zero-order valence-electron chi connectivity index (χ0n) is 9.97. The van der Waals surface area contributed by atoms with Crippen molar-refractivity contribution in [2.75, 3.05) is 0 Å². The fraction of sp³-hybridized carbons (Fsp3) is 0.0667. The molecule has 2 heterocycles. The number of hydrogen-bond acceptors (Lipinski definition) is 2. The van der Waals surface area contributed by atoms with Crippen molar-refractivity contribution in [2.45, 2.75) is 6.92 Å². The number of pyridine rings is 2. The zero-order chi connectivity index (χ0) is 12.5. The van der Waals surface area contributed by atoms with Crippen molar-refractivity contribution >= 4 is 10.9 Å². The maximum absolute atomic E-state index is 12.1. The SMILES string of the molecule is Cc1nccc2[nH]c(=O)c(-c3ccccc3)cc12. The second-order valence-corrected chi connectivity index (χ2v) is 4.24. The van der Waals surface area contributed by atoms with Gasteiger partial charge in [0.1, 0.15) is 0 Å². The van der Waals surface area contributed by atoms with Gasteiger partial charge < -0.3 is 4.98 Å². The molecule has 3 rings (SSSR count). The van der Waals surface area contributed by atoms with Crippen LogP contribution in [-0.4, -0.2) is 9.97 Å². The minimum atomic E-state index is -0.0701. The summed E-state index contributed by atoms with van der Waals surface area (Å²) in [5.41, 5.74) is 3.27. The molecule has 0 atom stereocenters. The number of nitrogens with zero attached hydrogens (tertiary/aromatic N) is 1. The van der Waals surface area contributed by atoms with Gasteiger partial charge in [0.15, 0.2) is 0 Å². The molecular formula is C15H12N2O. The lowest BCUT2D eigenvalue weighted by Crippen LogP contribution is -2.09. The molecule has 0 bridgehead atoms. The fourth-order valence-electron chi connectivity index (χ4n) is 2.10. The van der Waals surface area contributed by atoms with E-state index in [0.717, 1.165) is 22.2 Å². The maximum atomic E-state index is 12.1. The molecule has 0 aliphatic rings. The van der Waals surface area contributed by atoms with Crippen molar-refractivity contribution in [3.8, 4) is 11.1 Å². The highest BCUT2D eigenvalue weighted by Crippen LogP contribution is 2.20. The van der Waals surface area contributed by atoms with Gasteiger partial charge in [0.2, 0.25) is 0 Å². The molecule has 0 unspecified atom stereocenters. The lowest BCUT2D eigenvalue weighted by Gasteiger charge is -2.05. The minimum absolute atomic E-state index is 0.0701. The Hall–Kier alpha value is -2.42. The predicted octanol–water partition coefficient (Wildman–Crippen LogP) is 2.90. The van der Waals surface area contributed by atoms with Crippen LogP contribution >= 0.6 is 0 Å². The van der Waals surface area contributed by atoms with E-state index in [1.807, 2.05) is 49.4 Å². The van der Waals surface area contributed by atoms with Crippen molar-refractivity contribution in [2.24, 2.45) is 0 Å². The van der Waals surface area contributed by atoms with Crippen LogP contribution in [0, 0.1) is 6.92 Å². The van der Waals surface area contributed by atoms with E-state index in [0.29, 0.717) is 5.56 Å². The van der Waals surface area contributed by atoms with Crippen LogP contribution in [0.3, 0.4) is 0 Å². The predicted molar refractivity (Wildman–Crippen MR) is 72.5 cm³/mol. The molecule has 0 fully saturated rings. The fourth-order valence-corrected chi connectivity index (χ4v) is 2.10. The Bertz CT molecular complexity index is 760. The molecule has 3 nitrogen and oxygen atoms in total. The van der Waals surface area contributed by atoms with Gasteiger partial charge in [-0.05, 0) is 24.6 Å². The van der Waals surface area contributed by atoms with E-state index in [1.165, 1.54) is 0 Å².